The van der Waals surface area contributed by atoms with E-state index in [1.54, 1.807) is 36.8 Å². The van der Waals surface area contributed by atoms with Crippen molar-refractivity contribution < 1.29 is 18.0 Å². The summed E-state index contributed by atoms with van der Waals surface area (Å²) in [5.41, 5.74) is 0.485. The first-order valence-corrected chi connectivity index (χ1v) is 8.20. The Balaban J connectivity index is 1.50. The van der Waals surface area contributed by atoms with E-state index < -0.39 is 18.8 Å². The van der Waals surface area contributed by atoms with E-state index in [2.05, 4.69) is 20.7 Å². The molecule has 3 heterocycles. The van der Waals surface area contributed by atoms with E-state index in [1.807, 2.05) is 0 Å². The Labute approximate surface area is 148 Å². The number of halogens is 3. The molecule has 0 aliphatic carbocycles. The van der Waals surface area contributed by atoms with Gasteiger partial charge < -0.3 is 10.6 Å². The van der Waals surface area contributed by atoms with Gasteiger partial charge in [-0.15, -0.1) is 0 Å². The molecule has 140 valence electrons. The molecule has 2 N–H and O–H groups in total. The van der Waals surface area contributed by atoms with Crippen LogP contribution in [0.2, 0.25) is 0 Å². The molecule has 1 fully saturated rings. The van der Waals surface area contributed by atoms with Crippen molar-refractivity contribution in [1.82, 2.24) is 25.0 Å². The number of nitrogens with one attached hydrogen (secondary N) is 2. The lowest BCUT2D eigenvalue weighted by Crippen LogP contribution is -2.36. The van der Waals surface area contributed by atoms with Gasteiger partial charge in [0.2, 0.25) is 0 Å². The Morgan fingerprint density at radius 2 is 2.15 bits per heavy atom. The third-order valence-electron chi connectivity index (χ3n) is 4.08. The lowest BCUT2D eigenvalue weighted by molar-refractivity contribution is -0.143. The molecule has 3 rings (SSSR count). The molecule has 0 spiro atoms. The number of rotatable bonds is 5. The Morgan fingerprint density at radius 1 is 1.31 bits per heavy atom. The van der Waals surface area contributed by atoms with Crippen LogP contribution in [-0.2, 0) is 0 Å². The minimum Gasteiger partial charge on any atom is -0.338 e. The van der Waals surface area contributed by atoms with E-state index in [-0.39, 0.29) is 5.92 Å². The second kappa shape index (κ2) is 7.73. The topological polar surface area (TPSA) is 75.1 Å². The summed E-state index contributed by atoms with van der Waals surface area (Å²) in [6, 6.07) is 4.70. The van der Waals surface area contributed by atoms with E-state index in [0.29, 0.717) is 37.6 Å². The first kappa shape index (κ1) is 18.2. The molecule has 1 aliphatic rings. The van der Waals surface area contributed by atoms with Crippen LogP contribution in [0.1, 0.15) is 6.42 Å². The molecule has 26 heavy (non-hydrogen) atoms. The Kier molecular flexibility index (Phi) is 5.40. The van der Waals surface area contributed by atoms with E-state index in [4.69, 9.17) is 0 Å². The van der Waals surface area contributed by atoms with Gasteiger partial charge in [0.1, 0.15) is 0 Å². The SMILES string of the molecule is O=C(NCC1CCN(CC(F)(F)F)C1)Nc1cccnc1-n1cccn1. The predicted octanol–water partition coefficient (Wildman–Crippen LogP) is 2.27. The smallest absolute Gasteiger partial charge is 0.338 e. The number of amides is 2. The summed E-state index contributed by atoms with van der Waals surface area (Å²) in [6.07, 6.45) is 1.34. The molecule has 0 aromatic carbocycles. The first-order valence-electron chi connectivity index (χ1n) is 8.20. The van der Waals surface area contributed by atoms with E-state index in [9.17, 15) is 18.0 Å². The Morgan fingerprint density at radius 3 is 2.88 bits per heavy atom. The molecule has 2 amide bonds. The number of likely N-dealkylation sites (tertiary alicyclic amines) is 1. The maximum Gasteiger partial charge on any atom is 0.401 e. The number of anilines is 1. The third-order valence-corrected chi connectivity index (χ3v) is 4.08. The van der Waals surface area contributed by atoms with Gasteiger partial charge in [-0.1, -0.05) is 0 Å². The van der Waals surface area contributed by atoms with Crippen molar-refractivity contribution in [3.8, 4) is 5.82 Å². The second-order valence-electron chi connectivity index (χ2n) is 6.17. The highest BCUT2D eigenvalue weighted by Gasteiger charge is 2.34. The monoisotopic (exact) mass is 368 g/mol. The first-order chi connectivity index (χ1) is 12.4. The molecular weight excluding hydrogens is 349 g/mol. The molecule has 2 aromatic heterocycles. The fourth-order valence-corrected chi connectivity index (χ4v) is 2.95. The maximum atomic E-state index is 12.4. The number of hydrogen-bond donors (Lipinski definition) is 2. The highest BCUT2D eigenvalue weighted by Crippen LogP contribution is 2.22. The number of nitrogens with zero attached hydrogens (tertiary/aromatic N) is 4. The van der Waals surface area contributed by atoms with Crippen molar-refractivity contribution in [2.24, 2.45) is 5.92 Å². The number of carbonyl (C=O) groups is 1. The fourth-order valence-electron chi connectivity index (χ4n) is 2.95. The third kappa shape index (κ3) is 4.94. The number of alkyl halides is 3. The van der Waals surface area contributed by atoms with Crippen molar-refractivity contribution in [2.45, 2.75) is 12.6 Å². The summed E-state index contributed by atoms with van der Waals surface area (Å²) < 4.78 is 38.8. The van der Waals surface area contributed by atoms with Crippen molar-refractivity contribution in [3.05, 3.63) is 36.8 Å². The van der Waals surface area contributed by atoms with Crippen LogP contribution in [0.5, 0.6) is 0 Å². The lowest BCUT2D eigenvalue weighted by Gasteiger charge is -2.18. The number of carbonyl (C=O) groups excluding carboxylic acids is 1. The van der Waals surface area contributed by atoms with Crippen LogP contribution in [0, 0.1) is 5.92 Å². The van der Waals surface area contributed by atoms with Gasteiger partial charge in [0.15, 0.2) is 5.82 Å². The van der Waals surface area contributed by atoms with Crippen molar-refractivity contribution >= 4 is 11.7 Å². The summed E-state index contributed by atoms with van der Waals surface area (Å²) in [7, 11) is 0. The molecule has 0 radical (unpaired) electrons. The quantitative estimate of drug-likeness (QED) is 0.849. The molecule has 0 saturated carbocycles. The molecule has 1 atom stereocenters. The number of pyridine rings is 1. The average molecular weight is 368 g/mol. The van der Waals surface area contributed by atoms with Crippen LogP contribution in [0.4, 0.5) is 23.7 Å². The highest BCUT2D eigenvalue weighted by atomic mass is 19.4. The maximum absolute atomic E-state index is 12.4. The molecule has 1 unspecified atom stereocenters. The van der Waals surface area contributed by atoms with Crippen LogP contribution in [0.3, 0.4) is 0 Å². The summed E-state index contributed by atoms with van der Waals surface area (Å²) in [6.45, 7) is 0.126. The van der Waals surface area contributed by atoms with Crippen LogP contribution in [0.25, 0.3) is 5.82 Å². The molecule has 10 heteroatoms. The summed E-state index contributed by atoms with van der Waals surface area (Å²) in [4.78, 5) is 17.7. The normalized spacial score (nSPS) is 18.0. The van der Waals surface area contributed by atoms with Crippen LogP contribution < -0.4 is 10.6 Å². The van der Waals surface area contributed by atoms with Gasteiger partial charge in [-0.05, 0) is 37.1 Å². The van der Waals surface area contributed by atoms with E-state index in [0.717, 1.165) is 0 Å². The molecular formula is C16H19F3N6O. The summed E-state index contributed by atoms with van der Waals surface area (Å²) in [5.74, 6) is 0.479. The molecule has 7 nitrogen and oxygen atoms in total. The van der Waals surface area contributed by atoms with Gasteiger partial charge in [-0.2, -0.15) is 18.3 Å². The van der Waals surface area contributed by atoms with Gasteiger partial charge in [-0.3, -0.25) is 4.90 Å². The van der Waals surface area contributed by atoms with Crippen molar-refractivity contribution in [3.63, 3.8) is 0 Å². The Bertz CT molecular complexity index is 734. The summed E-state index contributed by atoms with van der Waals surface area (Å²) >= 11 is 0. The lowest BCUT2D eigenvalue weighted by atomic mass is 10.1. The average Bonchev–Trinajstić information content (AvgIpc) is 3.24. The second-order valence-corrected chi connectivity index (χ2v) is 6.17. The standard InChI is InChI=1S/C16H19F3N6O/c17-16(18,19)11-24-8-4-12(10-24)9-21-15(26)23-13-3-1-5-20-14(13)25-7-2-6-22-25/h1-3,5-7,12H,4,8-11H2,(H2,21,23,26). The zero-order valence-corrected chi connectivity index (χ0v) is 13.9. The van der Waals surface area contributed by atoms with Gasteiger partial charge >= 0.3 is 12.2 Å². The number of aromatic nitrogens is 3. The molecule has 0 bridgehead atoms. The molecule has 1 saturated heterocycles. The zero-order chi connectivity index (χ0) is 18.6. The minimum absolute atomic E-state index is 0.00239. The molecule has 1 aliphatic heterocycles. The van der Waals surface area contributed by atoms with E-state index >= 15 is 0 Å². The Hall–Kier alpha value is -2.62. The number of hydrogen-bond acceptors (Lipinski definition) is 4. The van der Waals surface area contributed by atoms with Gasteiger partial charge in [0.05, 0.1) is 12.2 Å². The van der Waals surface area contributed by atoms with Gasteiger partial charge in [-0.25, -0.2) is 14.5 Å². The number of urea groups is 1. The zero-order valence-electron chi connectivity index (χ0n) is 13.9. The van der Waals surface area contributed by atoms with Crippen molar-refractivity contribution in [2.75, 3.05) is 31.5 Å². The molecule has 2 aromatic rings. The largest absolute Gasteiger partial charge is 0.401 e. The fraction of sp³-hybridized carbons (Fsp3) is 0.438. The van der Waals surface area contributed by atoms with Gasteiger partial charge in [0, 0.05) is 31.7 Å². The van der Waals surface area contributed by atoms with Crippen LogP contribution in [-0.4, -0.2) is 58.1 Å². The van der Waals surface area contributed by atoms with Crippen LogP contribution in [0.15, 0.2) is 36.8 Å². The highest BCUT2D eigenvalue weighted by molar-refractivity contribution is 5.90. The van der Waals surface area contributed by atoms with E-state index in [1.165, 1.54) is 9.58 Å². The van der Waals surface area contributed by atoms with Gasteiger partial charge in [0.25, 0.3) is 0 Å². The summed E-state index contributed by atoms with van der Waals surface area (Å²) in [5, 5.41) is 9.50. The predicted molar refractivity (Wildman–Crippen MR) is 89.0 cm³/mol. The minimum atomic E-state index is -4.19. The van der Waals surface area contributed by atoms with Crippen LogP contribution >= 0.6 is 0 Å². The van der Waals surface area contributed by atoms with Crippen molar-refractivity contribution in [1.29, 1.82) is 0 Å².